The second-order valence-corrected chi connectivity index (χ2v) is 8.58. The highest BCUT2D eigenvalue weighted by Gasteiger charge is 2.22. The number of hydrazone groups is 1. The van der Waals surface area contributed by atoms with E-state index in [1.165, 1.54) is 16.3 Å². The van der Waals surface area contributed by atoms with Crippen molar-refractivity contribution in [3.63, 3.8) is 0 Å². The van der Waals surface area contributed by atoms with Gasteiger partial charge in [0.15, 0.2) is 5.13 Å². The van der Waals surface area contributed by atoms with Crippen molar-refractivity contribution in [3.05, 3.63) is 65.0 Å². The number of hydrogen-bond donors (Lipinski definition) is 1. The number of amides is 2. The normalized spacial score (nSPS) is 13.1. The van der Waals surface area contributed by atoms with Crippen molar-refractivity contribution in [2.45, 2.75) is 26.2 Å². The summed E-state index contributed by atoms with van der Waals surface area (Å²) < 4.78 is 5.19. The van der Waals surface area contributed by atoms with Crippen LogP contribution in [0.2, 0.25) is 0 Å². The van der Waals surface area contributed by atoms with Gasteiger partial charge in [0, 0.05) is 29.7 Å². The molecular weight excluding hydrogens is 424 g/mol. The van der Waals surface area contributed by atoms with E-state index in [9.17, 15) is 9.59 Å². The van der Waals surface area contributed by atoms with E-state index in [-0.39, 0.29) is 24.7 Å². The van der Waals surface area contributed by atoms with Crippen molar-refractivity contribution in [2.75, 3.05) is 19.0 Å². The molecule has 0 spiro atoms. The van der Waals surface area contributed by atoms with E-state index in [4.69, 9.17) is 4.74 Å². The van der Waals surface area contributed by atoms with Gasteiger partial charge in [-0.15, -0.1) is 11.3 Å². The molecule has 1 aliphatic heterocycles. The van der Waals surface area contributed by atoms with Crippen LogP contribution in [-0.4, -0.2) is 41.2 Å². The Kier molecular flexibility index (Phi) is 6.61. The number of hydrogen-bond acceptors (Lipinski definition) is 6. The first-order chi connectivity index (χ1) is 15.5. The Morgan fingerprint density at radius 3 is 2.53 bits per heavy atom. The summed E-state index contributed by atoms with van der Waals surface area (Å²) in [5, 5.41) is 9.23. The third-order valence-electron chi connectivity index (χ3n) is 5.17. The van der Waals surface area contributed by atoms with E-state index >= 15 is 0 Å². The molecule has 164 valence electrons. The fourth-order valence-electron chi connectivity index (χ4n) is 3.47. The predicted molar refractivity (Wildman–Crippen MR) is 126 cm³/mol. The lowest BCUT2D eigenvalue weighted by Crippen LogP contribution is -2.24. The summed E-state index contributed by atoms with van der Waals surface area (Å²) in [4.78, 5) is 30.4. The van der Waals surface area contributed by atoms with E-state index < -0.39 is 0 Å². The molecular formula is C24H24N4O3S. The summed E-state index contributed by atoms with van der Waals surface area (Å²) in [5.74, 6) is 0.387. The maximum atomic E-state index is 12.5. The van der Waals surface area contributed by atoms with Gasteiger partial charge in [-0.05, 0) is 36.8 Å². The zero-order chi connectivity index (χ0) is 22.5. The summed E-state index contributed by atoms with van der Waals surface area (Å²) in [6.07, 6.45) is 0.906. The summed E-state index contributed by atoms with van der Waals surface area (Å²) in [6.45, 7) is 2.51. The SMILES string of the molecule is COc1ccc(-c2nc(NC(=O)CCC(=O)N3CCC(c4ccccc4)=N3)sc2C)cc1. The summed E-state index contributed by atoms with van der Waals surface area (Å²) >= 11 is 1.41. The summed E-state index contributed by atoms with van der Waals surface area (Å²) in [7, 11) is 1.62. The van der Waals surface area contributed by atoms with Crippen LogP contribution >= 0.6 is 11.3 Å². The number of aryl methyl sites for hydroxylation is 1. The Bertz CT molecular complexity index is 1140. The highest BCUT2D eigenvalue weighted by atomic mass is 32.1. The quantitative estimate of drug-likeness (QED) is 0.578. The molecule has 1 aliphatic rings. The molecule has 0 radical (unpaired) electrons. The fraction of sp³-hybridized carbons (Fsp3) is 0.250. The van der Waals surface area contributed by atoms with Crippen molar-refractivity contribution in [1.29, 1.82) is 0 Å². The van der Waals surface area contributed by atoms with Crippen LogP contribution in [0.4, 0.5) is 5.13 Å². The number of benzene rings is 2. The molecule has 0 bridgehead atoms. The first-order valence-corrected chi connectivity index (χ1v) is 11.2. The van der Waals surface area contributed by atoms with Crippen molar-refractivity contribution in [2.24, 2.45) is 5.10 Å². The van der Waals surface area contributed by atoms with Crippen LogP contribution in [0.15, 0.2) is 59.7 Å². The Morgan fingerprint density at radius 2 is 1.81 bits per heavy atom. The first-order valence-electron chi connectivity index (χ1n) is 10.4. The molecule has 0 saturated heterocycles. The number of nitrogens with zero attached hydrogens (tertiary/aromatic N) is 3. The van der Waals surface area contributed by atoms with Gasteiger partial charge in [-0.2, -0.15) is 5.10 Å². The first kappa shape index (κ1) is 21.7. The van der Waals surface area contributed by atoms with Gasteiger partial charge in [0.2, 0.25) is 11.8 Å². The second kappa shape index (κ2) is 9.74. The highest BCUT2D eigenvalue weighted by Crippen LogP contribution is 2.31. The Labute approximate surface area is 190 Å². The minimum Gasteiger partial charge on any atom is -0.497 e. The van der Waals surface area contributed by atoms with Crippen LogP contribution in [0.1, 0.15) is 29.7 Å². The number of ether oxygens (including phenoxy) is 1. The van der Waals surface area contributed by atoms with Gasteiger partial charge in [0.05, 0.1) is 25.1 Å². The van der Waals surface area contributed by atoms with Crippen LogP contribution < -0.4 is 10.1 Å². The van der Waals surface area contributed by atoms with Crippen molar-refractivity contribution in [3.8, 4) is 17.0 Å². The largest absolute Gasteiger partial charge is 0.497 e. The molecule has 2 amide bonds. The molecule has 1 N–H and O–H groups in total. The van der Waals surface area contributed by atoms with Crippen molar-refractivity contribution >= 4 is 34.0 Å². The van der Waals surface area contributed by atoms with E-state index in [2.05, 4.69) is 15.4 Å². The third kappa shape index (κ3) is 5.03. The number of thiazole rings is 1. The van der Waals surface area contributed by atoms with E-state index in [1.54, 1.807) is 7.11 Å². The van der Waals surface area contributed by atoms with Gasteiger partial charge >= 0.3 is 0 Å². The smallest absolute Gasteiger partial charge is 0.243 e. The lowest BCUT2D eigenvalue weighted by molar-refractivity contribution is -0.132. The molecule has 2 heterocycles. The molecule has 0 aliphatic carbocycles. The Balaban J connectivity index is 1.31. The fourth-order valence-corrected chi connectivity index (χ4v) is 4.32. The standard InChI is InChI=1S/C24H24N4O3S/c1-16-23(18-8-10-19(31-2)11-9-18)26-24(32-16)25-21(29)12-13-22(30)28-15-14-20(27-28)17-6-4-3-5-7-17/h3-11H,12-15H2,1-2H3,(H,25,26,29). The monoisotopic (exact) mass is 448 g/mol. The third-order valence-corrected chi connectivity index (χ3v) is 6.06. The van der Waals surface area contributed by atoms with Gasteiger partial charge in [0.25, 0.3) is 0 Å². The van der Waals surface area contributed by atoms with Gasteiger partial charge in [-0.25, -0.2) is 9.99 Å². The van der Waals surface area contributed by atoms with Crippen molar-refractivity contribution in [1.82, 2.24) is 9.99 Å². The van der Waals surface area contributed by atoms with Gasteiger partial charge in [-0.3, -0.25) is 9.59 Å². The van der Waals surface area contributed by atoms with Crippen LogP contribution in [0.5, 0.6) is 5.75 Å². The summed E-state index contributed by atoms with van der Waals surface area (Å²) in [5.41, 5.74) is 3.69. The lowest BCUT2D eigenvalue weighted by Gasteiger charge is -2.10. The van der Waals surface area contributed by atoms with E-state index in [1.807, 2.05) is 61.5 Å². The molecule has 0 fully saturated rings. The second-order valence-electron chi connectivity index (χ2n) is 7.38. The highest BCUT2D eigenvalue weighted by molar-refractivity contribution is 7.16. The molecule has 8 heteroatoms. The molecule has 32 heavy (non-hydrogen) atoms. The molecule has 0 saturated carbocycles. The zero-order valence-corrected chi connectivity index (χ0v) is 18.8. The minimum absolute atomic E-state index is 0.0853. The number of carbonyl (C=O) groups excluding carboxylic acids is 2. The van der Waals surface area contributed by atoms with Crippen molar-refractivity contribution < 1.29 is 14.3 Å². The molecule has 7 nitrogen and oxygen atoms in total. The molecule has 2 aromatic carbocycles. The Hall–Kier alpha value is -3.52. The molecule has 3 aromatic rings. The number of methoxy groups -OCH3 is 1. The number of rotatable bonds is 7. The maximum Gasteiger partial charge on any atom is 0.243 e. The van der Waals surface area contributed by atoms with Crippen LogP contribution in [0.25, 0.3) is 11.3 Å². The molecule has 4 rings (SSSR count). The molecule has 0 unspecified atom stereocenters. The molecule has 0 atom stereocenters. The predicted octanol–water partition coefficient (Wildman–Crippen LogP) is 4.48. The number of nitrogens with one attached hydrogen (secondary N) is 1. The maximum absolute atomic E-state index is 12.5. The number of aromatic nitrogens is 1. The molecule has 1 aromatic heterocycles. The zero-order valence-electron chi connectivity index (χ0n) is 18.0. The topological polar surface area (TPSA) is 83.9 Å². The van der Waals surface area contributed by atoms with E-state index in [0.29, 0.717) is 18.1 Å². The van der Waals surface area contributed by atoms with Gasteiger partial charge < -0.3 is 10.1 Å². The van der Waals surface area contributed by atoms with E-state index in [0.717, 1.165) is 33.2 Å². The number of anilines is 1. The van der Waals surface area contributed by atoms with Gasteiger partial charge in [-0.1, -0.05) is 30.3 Å². The van der Waals surface area contributed by atoms with Crippen LogP contribution in [0.3, 0.4) is 0 Å². The lowest BCUT2D eigenvalue weighted by atomic mass is 10.1. The Morgan fingerprint density at radius 1 is 1.06 bits per heavy atom. The average Bonchev–Trinajstić information content (AvgIpc) is 3.45. The minimum atomic E-state index is -0.236. The number of carbonyl (C=O) groups is 2. The van der Waals surface area contributed by atoms with Gasteiger partial charge in [0.1, 0.15) is 5.75 Å². The van der Waals surface area contributed by atoms with Crippen LogP contribution in [0, 0.1) is 6.92 Å². The van der Waals surface area contributed by atoms with Crippen LogP contribution in [-0.2, 0) is 9.59 Å². The summed E-state index contributed by atoms with van der Waals surface area (Å²) in [6, 6.07) is 17.4. The average molecular weight is 449 g/mol.